The molecule has 1 aromatic heterocycles. The van der Waals surface area contributed by atoms with Crippen LogP contribution in [0.25, 0.3) is 0 Å². The van der Waals surface area contributed by atoms with E-state index in [0.29, 0.717) is 39.8 Å². The largest absolute Gasteiger partial charge is 0.323 e. The van der Waals surface area contributed by atoms with Gasteiger partial charge < -0.3 is 15.1 Å². The number of anilines is 6. The fraction of sp³-hybridized carbons (Fsp3) is 0.0645. The first-order valence-corrected chi connectivity index (χ1v) is 12.4. The quantitative estimate of drug-likeness (QED) is 0.294. The van der Waals surface area contributed by atoms with Crippen LogP contribution in [0.2, 0.25) is 0 Å². The lowest BCUT2D eigenvalue weighted by atomic mass is 9.83. The van der Waals surface area contributed by atoms with E-state index in [1.54, 1.807) is 42.5 Å². The van der Waals surface area contributed by atoms with Gasteiger partial charge in [-0.2, -0.15) is 15.0 Å². The Hall–Kier alpha value is -5.37. The molecule has 0 amide bonds. The molecule has 0 saturated carbocycles. The maximum atomic E-state index is 13.5. The molecule has 0 bridgehead atoms. The summed E-state index contributed by atoms with van der Waals surface area (Å²) in [6.07, 6.45) is 0. The Labute approximate surface area is 225 Å². The molecule has 5 aromatic rings. The molecule has 1 heterocycles. The first kappa shape index (κ1) is 24.0. The van der Waals surface area contributed by atoms with Crippen molar-refractivity contribution in [3.8, 4) is 0 Å². The highest BCUT2D eigenvalue weighted by atomic mass is 16.1. The van der Waals surface area contributed by atoms with Crippen molar-refractivity contribution in [2.24, 2.45) is 0 Å². The number of nitrogens with zero attached hydrogens (tertiary/aromatic N) is 5. The molecule has 0 fully saturated rings. The molecular weight excluding hydrogens is 488 g/mol. The highest BCUT2D eigenvalue weighted by Gasteiger charge is 2.31. The molecule has 4 aromatic carbocycles. The van der Waals surface area contributed by atoms with E-state index >= 15 is 0 Å². The summed E-state index contributed by atoms with van der Waals surface area (Å²) < 4.78 is 0. The zero-order chi connectivity index (χ0) is 26.9. The Balaban J connectivity index is 1.45. The van der Waals surface area contributed by atoms with Crippen LogP contribution < -0.4 is 15.1 Å². The topological polar surface area (TPSA) is 91.3 Å². The third-order valence-corrected chi connectivity index (χ3v) is 6.70. The number of fused-ring (bicyclic) bond motifs is 2. The predicted molar refractivity (Wildman–Crippen MR) is 152 cm³/mol. The minimum Gasteiger partial charge on any atom is -0.323 e. The standard InChI is InChI=1S/C31H24N6O2/c1-36(20-12-5-3-6-13-20)30-33-29(34-31(35-30)37(2)21-14-7-4-8-15-21)32-25-19-11-18-24-26(25)28(39)23-17-10-9-16-22(23)27(24)38/h3-19H,1-2H3,(H,32,33,34,35). The number of carbonyl (C=O) groups excluding carboxylic acids is 2. The Bertz CT molecular complexity index is 1640. The molecule has 0 unspecified atom stereocenters. The molecule has 1 N–H and O–H groups in total. The Kier molecular flexibility index (Phi) is 6.05. The summed E-state index contributed by atoms with van der Waals surface area (Å²) in [5.74, 6) is 0.658. The van der Waals surface area contributed by atoms with Crippen LogP contribution in [0.3, 0.4) is 0 Å². The fourth-order valence-electron chi connectivity index (χ4n) is 4.61. The SMILES string of the molecule is CN(c1ccccc1)c1nc(Nc2cccc3c2C(=O)c2ccccc2C3=O)nc(N(C)c2ccccc2)n1. The summed E-state index contributed by atoms with van der Waals surface area (Å²) in [5.41, 5.74) is 3.70. The van der Waals surface area contributed by atoms with Gasteiger partial charge >= 0.3 is 0 Å². The number of rotatable bonds is 6. The summed E-state index contributed by atoms with van der Waals surface area (Å²) in [6.45, 7) is 0. The number of carbonyl (C=O) groups is 2. The maximum Gasteiger partial charge on any atom is 0.236 e. The zero-order valence-corrected chi connectivity index (χ0v) is 21.4. The van der Waals surface area contributed by atoms with Crippen molar-refractivity contribution in [3.63, 3.8) is 0 Å². The van der Waals surface area contributed by atoms with E-state index in [1.165, 1.54) is 0 Å². The van der Waals surface area contributed by atoms with Gasteiger partial charge in [0, 0.05) is 42.2 Å². The van der Waals surface area contributed by atoms with Gasteiger partial charge in [-0.25, -0.2) is 0 Å². The van der Waals surface area contributed by atoms with E-state index in [4.69, 9.17) is 4.98 Å². The van der Waals surface area contributed by atoms with Crippen LogP contribution in [0.1, 0.15) is 31.8 Å². The third kappa shape index (κ3) is 4.38. The van der Waals surface area contributed by atoms with E-state index in [1.807, 2.05) is 84.6 Å². The first-order valence-electron chi connectivity index (χ1n) is 12.4. The highest BCUT2D eigenvalue weighted by Crippen LogP contribution is 2.34. The predicted octanol–water partition coefficient (Wildman–Crippen LogP) is 5.93. The number of hydrogen-bond donors (Lipinski definition) is 1. The van der Waals surface area contributed by atoms with E-state index in [0.717, 1.165) is 11.4 Å². The molecule has 0 saturated heterocycles. The van der Waals surface area contributed by atoms with Crippen molar-refractivity contribution in [1.82, 2.24) is 15.0 Å². The Morgan fingerprint density at radius 2 is 1.03 bits per heavy atom. The van der Waals surface area contributed by atoms with E-state index in [9.17, 15) is 9.59 Å². The lowest BCUT2D eigenvalue weighted by Gasteiger charge is -2.23. The van der Waals surface area contributed by atoms with Crippen molar-refractivity contribution < 1.29 is 9.59 Å². The number of aromatic nitrogens is 3. The first-order chi connectivity index (χ1) is 19.0. The molecule has 0 atom stereocenters. The van der Waals surface area contributed by atoms with Crippen molar-refractivity contribution in [3.05, 3.63) is 125 Å². The molecular formula is C31H24N6O2. The number of ketones is 2. The summed E-state index contributed by atoms with van der Waals surface area (Å²) in [4.78, 5) is 44.6. The van der Waals surface area contributed by atoms with Crippen molar-refractivity contribution in [2.75, 3.05) is 29.2 Å². The van der Waals surface area contributed by atoms with Crippen LogP contribution in [0, 0.1) is 0 Å². The molecule has 0 aliphatic heterocycles. The monoisotopic (exact) mass is 512 g/mol. The second-order valence-electron chi connectivity index (χ2n) is 9.11. The molecule has 0 spiro atoms. The lowest BCUT2D eigenvalue weighted by Crippen LogP contribution is -2.23. The molecule has 0 radical (unpaired) electrons. The van der Waals surface area contributed by atoms with E-state index in [-0.39, 0.29) is 17.5 Å². The van der Waals surface area contributed by atoms with Gasteiger partial charge in [0.15, 0.2) is 11.6 Å². The van der Waals surface area contributed by atoms with Gasteiger partial charge in [-0.15, -0.1) is 0 Å². The molecule has 8 heteroatoms. The fourth-order valence-corrected chi connectivity index (χ4v) is 4.61. The normalized spacial score (nSPS) is 11.9. The van der Waals surface area contributed by atoms with Gasteiger partial charge in [-0.1, -0.05) is 72.8 Å². The van der Waals surface area contributed by atoms with Gasteiger partial charge in [-0.3, -0.25) is 9.59 Å². The van der Waals surface area contributed by atoms with Gasteiger partial charge in [0.1, 0.15) is 0 Å². The molecule has 39 heavy (non-hydrogen) atoms. The van der Waals surface area contributed by atoms with E-state index < -0.39 is 0 Å². The van der Waals surface area contributed by atoms with Crippen LogP contribution in [-0.4, -0.2) is 40.6 Å². The summed E-state index contributed by atoms with van der Waals surface area (Å²) in [5, 5.41) is 3.22. The molecule has 1 aliphatic rings. The number of para-hydroxylation sites is 2. The van der Waals surface area contributed by atoms with Gasteiger partial charge in [0.05, 0.1) is 11.3 Å². The molecule has 1 aliphatic carbocycles. The van der Waals surface area contributed by atoms with Crippen molar-refractivity contribution in [1.29, 1.82) is 0 Å². The summed E-state index contributed by atoms with van der Waals surface area (Å²) in [7, 11) is 3.76. The lowest BCUT2D eigenvalue weighted by molar-refractivity contribution is 0.0979. The Morgan fingerprint density at radius 1 is 0.538 bits per heavy atom. The smallest absolute Gasteiger partial charge is 0.236 e. The Morgan fingerprint density at radius 3 is 1.59 bits per heavy atom. The molecule has 190 valence electrons. The minimum absolute atomic E-state index is 0.187. The molecule has 6 rings (SSSR count). The van der Waals surface area contributed by atoms with Gasteiger partial charge in [0.25, 0.3) is 0 Å². The highest BCUT2D eigenvalue weighted by molar-refractivity contribution is 6.30. The molecule has 8 nitrogen and oxygen atoms in total. The van der Waals surface area contributed by atoms with Crippen LogP contribution in [0.5, 0.6) is 0 Å². The van der Waals surface area contributed by atoms with Crippen LogP contribution in [0.15, 0.2) is 103 Å². The number of hydrogen-bond acceptors (Lipinski definition) is 8. The van der Waals surface area contributed by atoms with Gasteiger partial charge in [-0.05, 0) is 30.3 Å². The maximum absolute atomic E-state index is 13.5. The van der Waals surface area contributed by atoms with Gasteiger partial charge in [0.2, 0.25) is 17.8 Å². The summed E-state index contributed by atoms with van der Waals surface area (Å²) in [6, 6.07) is 31.6. The average Bonchev–Trinajstić information content (AvgIpc) is 2.99. The van der Waals surface area contributed by atoms with Crippen molar-refractivity contribution >= 4 is 46.5 Å². The van der Waals surface area contributed by atoms with Crippen molar-refractivity contribution in [2.45, 2.75) is 0 Å². The second-order valence-corrected chi connectivity index (χ2v) is 9.11. The third-order valence-electron chi connectivity index (χ3n) is 6.70. The zero-order valence-electron chi connectivity index (χ0n) is 21.4. The second kappa shape index (κ2) is 9.83. The average molecular weight is 513 g/mol. The summed E-state index contributed by atoms with van der Waals surface area (Å²) >= 11 is 0. The van der Waals surface area contributed by atoms with Crippen LogP contribution >= 0.6 is 0 Å². The number of benzene rings is 4. The van der Waals surface area contributed by atoms with Crippen LogP contribution in [-0.2, 0) is 0 Å². The number of nitrogens with one attached hydrogen (secondary N) is 1. The van der Waals surface area contributed by atoms with Crippen LogP contribution in [0.4, 0.5) is 34.9 Å². The van der Waals surface area contributed by atoms with E-state index in [2.05, 4.69) is 15.3 Å². The minimum atomic E-state index is -0.222.